The van der Waals surface area contributed by atoms with Crippen LogP contribution in [-0.2, 0) is 9.47 Å². The Labute approximate surface area is 130 Å². The summed E-state index contributed by atoms with van der Waals surface area (Å²) in [7, 11) is 0. The lowest BCUT2D eigenvalue weighted by Gasteiger charge is -2.30. The fraction of sp³-hybridized carbons (Fsp3) is 0.333. The van der Waals surface area contributed by atoms with Gasteiger partial charge in [0.15, 0.2) is 12.4 Å². The van der Waals surface area contributed by atoms with Gasteiger partial charge in [0, 0.05) is 0 Å². The quantitative estimate of drug-likeness (QED) is 0.783. The molecular weight excluding hydrogens is 280 g/mol. The van der Waals surface area contributed by atoms with Crippen LogP contribution in [0.3, 0.4) is 0 Å². The molecule has 1 unspecified atom stereocenters. The first-order valence-electron chi connectivity index (χ1n) is 7.45. The van der Waals surface area contributed by atoms with E-state index in [4.69, 9.17) is 18.9 Å². The molecule has 0 bridgehead atoms. The molecule has 1 aliphatic heterocycles. The lowest BCUT2D eigenvalue weighted by Crippen LogP contribution is -2.46. The van der Waals surface area contributed by atoms with Gasteiger partial charge in [0.2, 0.25) is 0 Å². The van der Waals surface area contributed by atoms with Crippen molar-refractivity contribution in [1.82, 2.24) is 0 Å². The molecule has 116 valence electrons. The van der Waals surface area contributed by atoms with Crippen molar-refractivity contribution in [3.05, 3.63) is 60.7 Å². The van der Waals surface area contributed by atoms with E-state index >= 15 is 0 Å². The van der Waals surface area contributed by atoms with Gasteiger partial charge >= 0.3 is 5.97 Å². The van der Waals surface area contributed by atoms with E-state index in [9.17, 15) is 0 Å². The summed E-state index contributed by atoms with van der Waals surface area (Å²) >= 11 is 0. The zero-order chi connectivity index (χ0) is 15.5. The molecule has 1 atom stereocenters. The Kier molecular flexibility index (Phi) is 4.05. The fourth-order valence-electron chi connectivity index (χ4n) is 2.26. The summed E-state index contributed by atoms with van der Waals surface area (Å²) in [6, 6.07) is 18.9. The molecule has 1 fully saturated rings. The molecule has 1 heterocycles. The number of para-hydroxylation sites is 2. The lowest BCUT2D eigenvalue weighted by molar-refractivity contribution is -0.309. The number of benzene rings is 2. The van der Waals surface area contributed by atoms with Crippen LogP contribution in [0.4, 0.5) is 0 Å². The van der Waals surface area contributed by atoms with Crippen LogP contribution in [-0.4, -0.2) is 18.4 Å². The van der Waals surface area contributed by atoms with Crippen LogP contribution in [0.1, 0.15) is 20.3 Å². The van der Waals surface area contributed by atoms with Crippen molar-refractivity contribution < 1.29 is 18.9 Å². The summed E-state index contributed by atoms with van der Waals surface area (Å²) in [6.07, 6.45) is 0.699. The van der Waals surface area contributed by atoms with Crippen molar-refractivity contribution in [3.63, 3.8) is 0 Å². The van der Waals surface area contributed by atoms with Gasteiger partial charge in [0.1, 0.15) is 11.5 Å². The Bertz CT molecular complexity index is 557. The highest BCUT2D eigenvalue weighted by Crippen LogP contribution is 2.36. The molecule has 0 amide bonds. The Morgan fingerprint density at radius 2 is 1.41 bits per heavy atom. The second kappa shape index (κ2) is 5.99. The standard InChI is InChI=1S/C18H20O4/c1-3-17(2)19-14-18(22-17,20-15-10-6-4-7-11-15)21-16-12-8-5-9-13-16/h4-13H,3,14H2,1-2H3. The van der Waals surface area contributed by atoms with Crippen LogP contribution in [0.2, 0.25) is 0 Å². The average Bonchev–Trinajstić information content (AvgIpc) is 2.87. The molecule has 0 aliphatic carbocycles. The molecule has 1 saturated heterocycles. The van der Waals surface area contributed by atoms with E-state index in [1.54, 1.807) is 0 Å². The summed E-state index contributed by atoms with van der Waals surface area (Å²) in [5, 5.41) is 0. The predicted molar refractivity (Wildman–Crippen MR) is 82.6 cm³/mol. The maximum Gasteiger partial charge on any atom is 0.399 e. The molecule has 0 saturated carbocycles. The molecule has 22 heavy (non-hydrogen) atoms. The lowest BCUT2D eigenvalue weighted by atomic mass is 10.2. The zero-order valence-electron chi connectivity index (χ0n) is 12.8. The van der Waals surface area contributed by atoms with Crippen LogP contribution in [0.15, 0.2) is 60.7 Å². The molecule has 0 N–H and O–H groups in total. The molecule has 3 rings (SSSR count). The number of ether oxygens (including phenoxy) is 4. The highest BCUT2D eigenvalue weighted by atomic mass is 16.9. The van der Waals surface area contributed by atoms with Gasteiger partial charge in [-0.25, -0.2) is 0 Å². The molecule has 2 aromatic rings. The van der Waals surface area contributed by atoms with E-state index in [1.807, 2.05) is 74.5 Å². The summed E-state index contributed by atoms with van der Waals surface area (Å²) < 4.78 is 23.8. The van der Waals surface area contributed by atoms with Gasteiger partial charge in [-0.05, 0) is 37.6 Å². The highest BCUT2D eigenvalue weighted by molar-refractivity contribution is 5.24. The van der Waals surface area contributed by atoms with Gasteiger partial charge in [0.05, 0.1) is 0 Å². The van der Waals surface area contributed by atoms with E-state index < -0.39 is 11.8 Å². The van der Waals surface area contributed by atoms with Crippen molar-refractivity contribution in [3.8, 4) is 11.5 Å². The average molecular weight is 300 g/mol. The maximum atomic E-state index is 6.03. The maximum absolute atomic E-state index is 6.03. The monoisotopic (exact) mass is 300 g/mol. The molecular formula is C18H20O4. The van der Waals surface area contributed by atoms with Crippen molar-refractivity contribution in [2.75, 3.05) is 6.61 Å². The number of rotatable bonds is 5. The van der Waals surface area contributed by atoms with Crippen molar-refractivity contribution in [2.24, 2.45) is 0 Å². The Morgan fingerprint density at radius 1 is 0.909 bits per heavy atom. The summed E-state index contributed by atoms with van der Waals surface area (Å²) in [6.45, 7) is 4.08. The molecule has 0 aromatic heterocycles. The van der Waals surface area contributed by atoms with Crippen LogP contribution in [0, 0.1) is 0 Å². The molecule has 0 radical (unpaired) electrons. The second-order valence-corrected chi connectivity index (χ2v) is 5.39. The summed E-state index contributed by atoms with van der Waals surface area (Å²) in [5.41, 5.74) is 0. The van der Waals surface area contributed by atoms with Gasteiger partial charge in [-0.15, -0.1) is 0 Å². The first-order chi connectivity index (χ1) is 10.6. The predicted octanol–water partition coefficient (Wildman–Crippen LogP) is 3.97. The third kappa shape index (κ3) is 3.24. The van der Waals surface area contributed by atoms with Crippen molar-refractivity contribution >= 4 is 0 Å². The molecule has 4 nitrogen and oxygen atoms in total. The van der Waals surface area contributed by atoms with E-state index in [0.717, 1.165) is 0 Å². The zero-order valence-corrected chi connectivity index (χ0v) is 12.8. The minimum absolute atomic E-state index is 0.196. The van der Waals surface area contributed by atoms with Crippen LogP contribution >= 0.6 is 0 Å². The van der Waals surface area contributed by atoms with Gasteiger partial charge < -0.3 is 14.2 Å². The minimum Gasteiger partial charge on any atom is -0.428 e. The Hall–Kier alpha value is -2.04. The van der Waals surface area contributed by atoms with E-state index in [-0.39, 0.29) is 6.61 Å². The SMILES string of the molecule is CCC1(C)OCC(Oc2ccccc2)(Oc2ccccc2)O1. The molecule has 1 aliphatic rings. The van der Waals surface area contributed by atoms with Crippen LogP contribution in [0.25, 0.3) is 0 Å². The Morgan fingerprint density at radius 3 is 1.82 bits per heavy atom. The van der Waals surface area contributed by atoms with Gasteiger partial charge in [0.25, 0.3) is 0 Å². The minimum atomic E-state index is -1.28. The smallest absolute Gasteiger partial charge is 0.399 e. The fourth-order valence-corrected chi connectivity index (χ4v) is 2.26. The Balaban J connectivity index is 1.86. The molecule has 2 aromatic carbocycles. The van der Waals surface area contributed by atoms with Gasteiger partial charge in [-0.2, -0.15) is 0 Å². The topological polar surface area (TPSA) is 36.9 Å². The normalized spacial score (nSPS) is 23.2. The summed E-state index contributed by atoms with van der Waals surface area (Å²) in [5.74, 6) is -0.665. The first kappa shape index (κ1) is 14.9. The highest BCUT2D eigenvalue weighted by Gasteiger charge is 2.52. The first-order valence-corrected chi connectivity index (χ1v) is 7.45. The molecule has 4 heteroatoms. The van der Waals surface area contributed by atoms with E-state index in [0.29, 0.717) is 17.9 Å². The number of hydrogen-bond donors (Lipinski definition) is 0. The van der Waals surface area contributed by atoms with E-state index in [2.05, 4.69) is 0 Å². The number of hydrogen-bond acceptors (Lipinski definition) is 4. The largest absolute Gasteiger partial charge is 0.428 e. The van der Waals surface area contributed by atoms with Crippen LogP contribution in [0.5, 0.6) is 11.5 Å². The second-order valence-electron chi connectivity index (χ2n) is 5.39. The van der Waals surface area contributed by atoms with E-state index in [1.165, 1.54) is 0 Å². The third-order valence-corrected chi connectivity index (χ3v) is 3.60. The van der Waals surface area contributed by atoms with Gasteiger partial charge in [-0.1, -0.05) is 43.3 Å². The van der Waals surface area contributed by atoms with Crippen molar-refractivity contribution in [2.45, 2.75) is 32.0 Å². The van der Waals surface area contributed by atoms with Gasteiger partial charge in [-0.3, -0.25) is 4.74 Å². The van der Waals surface area contributed by atoms with Crippen molar-refractivity contribution in [1.29, 1.82) is 0 Å². The third-order valence-electron chi connectivity index (χ3n) is 3.60. The molecule has 0 spiro atoms. The summed E-state index contributed by atoms with van der Waals surface area (Å²) in [4.78, 5) is 0. The van der Waals surface area contributed by atoms with Crippen LogP contribution < -0.4 is 9.47 Å².